The predicted molar refractivity (Wildman–Crippen MR) is 166 cm³/mol. The second-order valence-electron chi connectivity index (χ2n) is 12.7. The highest BCUT2D eigenvalue weighted by Gasteiger charge is 2.53. The van der Waals surface area contributed by atoms with Crippen LogP contribution in [0.15, 0.2) is 24.3 Å². The molecule has 2 aliphatic heterocycles. The molecule has 4 amide bonds. The Bertz CT molecular complexity index is 1170. The van der Waals surface area contributed by atoms with Gasteiger partial charge < -0.3 is 25.3 Å². The van der Waals surface area contributed by atoms with E-state index in [4.69, 9.17) is 0 Å². The lowest BCUT2D eigenvalue weighted by Crippen LogP contribution is -2.55. The molecule has 1 aliphatic carbocycles. The first kappa shape index (κ1) is 32.5. The molecule has 236 valence electrons. The SMILES string of the molecule is CCN(CC)c1ccc(C(=O)NC(CC(C)C)C(=O)N2CCC3C2C(=O)CN3C(=O)C(NC(C)=O)C2CCCCC2)cc1. The van der Waals surface area contributed by atoms with E-state index in [9.17, 15) is 24.0 Å². The van der Waals surface area contributed by atoms with Crippen molar-refractivity contribution in [3.8, 4) is 0 Å². The van der Waals surface area contributed by atoms with Gasteiger partial charge in [0.1, 0.15) is 18.1 Å². The molecule has 1 saturated carbocycles. The number of nitrogens with one attached hydrogen (secondary N) is 2. The maximum atomic E-state index is 14.0. The van der Waals surface area contributed by atoms with Gasteiger partial charge in [-0.15, -0.1) is 0 Å². The molecule has 1 aromatic carbocycles. The molecular weight excluding hydrogens is 546 g/mol. The van der Waals surface area contributed by atoms with Crippen LogP contribution >= 0.6 is 0 Å². The molecule has 10 nitrogen and oxygen atoms in total. The summed E-state index contributed by atoms with van der Waals surface area (Å²) in [5.74, 6) is -1.10. The number of Topliss-reactive ketones (excluding diaryl/α,β-unsaturated/α-hetero) is 1. The van der Waals surface area contributed by atoms with E-state index < -0.39 is 24.2 Å². The summed E-state index contributed by atoms with van der Waals surface area (Å²) in [6.45, 7) is 11.6. The summed E-state index contributed by atoms with van der Waals surface area (Å²) in [5, 5.41) is 5.82. The number of fused-ring (bicyclic) bond motifs is 1. The lowest BCUT2D eigenvalue weighted by atomic mass is 9.83. The quantitative estimate of drug-likeness (QED) is 0.406. The fourth-order valence-electron chi connectivity index (χ4n) is 7.15. The molecule has 3 aliphatic rings. The molecule has 10 heteroatoms. The smallest absolute Gasteiger partial charge is 0.251 e. The third-order valence-corrected chi connectivity index (χ3v) is 9.30. The molecule has 43 heavy (non-hydrogen) atoms. The number of likely N-dealkylation sites (tertiary alicyclic amines) is 2. The number of rotatable bonds is 11. The average molecular weight is 596 g/mol. The van der Waals surface area contributed by atoms with Crippen molar-refractivity contribution in [1.29, 1.82) is 0 Å². The summed E-state index contributed by atoms with van der Waals surface area (Å²) in [7, 11) is 0. The van der Waals surface area contributed by atoms with E-state index >= 15 is 0 Å². The van der Waals surface area contributed by atoms with Gasteiger partial charge in [0.15, 0.2) is 5.78 Å². The van der Waals surface area contributed by atoms with Crippen molar-refractivity contribution < 1.29 is 24.0 Å². The Morgan fingerprint density at radius 2 is 1.56 bits per heavy atom. The Kier molecular flexibility index (Phi) is 10.8. The number of benzene rings is 1. The highest BCUT2D eigenvalue weighted by atomic mass is 16.2. The third-order valence-electron chi connectivity index (χ3n) is 9.30. The van der Waals surface area contributed by atoms with Crippen LogP contribution in [-0.2, 0) is 19.2 Å². The number of amides is 4. The molecule has 0 bridgehead atoms. The summed E-state index contributed by atoms with van der Waals surface area (Å²) >= 11 is 0. The first-order valence-electron chi connectivity index (χ1n) is 16.1. The predicted octanol–water partition coefficient (Wildman–Crippen LogP) is 3.14. The maximum absolute atomic E-state index is 14.0. The van der Waals surface area contributed by atoms with Crippen molar-refractivity contribution in [2.75, 3.05) is 31.1 Å². The fourth-order valence-corrected chi connectivity index (χ4v) is 7.15. The van der Waals surface area contributed by atoms with Crippen molar-refractivity contribution in [1.82, 2.24) is 20.4 Å². The van der Waals surface area contributed by atoms with Gasteiger partial charge in [-0.2, -0.15) is 0 Å². The van der Waals surface area contributed by atoms with Crippen molar-refractivity contribution >= 4 is 35.1 Å². The van der Waals surface area contributed by atoms with Crippen LogP contribution < -0.4 is 15.5 Å². The van der Waals surface area contributed by atoms with Crippen molar-refractivity contribution in [2.24, 2.45) is 11.8 Å². The minimum Gasteiger partial charge on any atom is -0.372 e. The lowest BCUT2D eigenvalue weighted by molar-refractivity contribution is -0.139. The van der Waals surface area contributed by atoms with Gasteiger partial charge in [0.05, 0.1) is 12.6 Å². The van der Waals surface area contributed by atoms with E-state index in [0.29, 0.717) is 24.9 Å². The van der Waals surface area contributed by atoms with E-state index in [0.717, 1.165) is 50.9 Å². The zero-order valence-electron chi connectivity index (χ0n) is 26.4. The number of ketones is 1. The molecule has 2 heterocycles. The van der Waals surface area contributed by atoms with Gasteiger partial charge in [0.25, 0.3) is 5.91 Å². The van der Waals surface area contributed by atoms with Gasteiger partial charge in [-0.05, 0) is 75.6 Å². The van der Waals surface area contributed by atoms with Gasteiger partial charge in [0.2, 0.25) is 17.7 Å². The number of anilines is 1. The van der Waals surface area contributed by atoms with Crippen LogP contribution in [0.1, 0.15) is 89.9 Å². The Balaban J connectivity index is 1.48. The van der Waals surface area contributed by atoms with Crippen molar-refractivity contribution in [2.45, 2.75) is 104 Å². The van der Waals surface area contributed by atoms with E-state index in [1.165, 1.54) is 6.92 Å². The molecule has 1 aromatic rings. The Hall–Kier alpha value is -3.43. The normalized spacial score (nSPS) is 21.9. The highest BCUT2D eigenvalue weighted by Crippen LogP contribution is 2.34. The number of hydrogen-bond donors (Lipinski definition) is 2. The van der Waals surface area contributed by atoms with E-state index in [1.54, 1.807) is 21.9 Å². The summed E-state index contributed by atoms with van der Waals surface area (Å²) in [4.78, 5) is 71.8. The standard InChI is InChI=1S/C33H49N5O5/c1-6-36(7-2)25-15-13-24(14-16-25)31(41)35-26(19-21(3)4)32(42)37-18-17-27-30(37)28(40)20-38(27)33(43)29(34-22(5)39)23-11-9-8-10-12-23/h13-16,21,23,26-27,29-30H,6-12,17-20H2,1-5H3,(H,34,39)(H,35,41). The number of carbonyl (C=O) groups excluding carboxylic acids is 5. The number of hydrogen-bond acceptors (Lipinski definition) is 6. The zero-order chi connectivity index (χ0) is 31.3. The fraction of sp³-hybridized carbons (Fsp3) is 0.667. The monoisotopic (exact) mass is 595 g/mol. The second-order valence-corrected chi connectivity index (χ2v) is 12.7. The van der Waals surface area contributed by atoms with E-state index in [-0.39, 0.29) is 47.8 Å². The van der Waals surface area contributed by atoms with Crippen molar-refractivity contribution in [3.63, 3.8) is 0 Å². The first-order chi connectivity index (χ1) is 20.5. The van der Waals surface area contributed by atoms with Gasteiger partial charge in [-0.3, -0.25) is 24.0 Å². The zero-order valence-corrected chi connectivity index (χ0v) is 26.4. The molecule has 3 fully saturated rings. The summed E-state index contributed by atoms with van der Waals surface area (Å²) in [6, 6.07) is 4.76. The maximum Gasteiger partial charge on any atom is 0.251 e. The second kappa shape index (κ2) is 14.4. The molecule has 4 unspecified atom stereocenters. The molecule has 4 rings (SSSR count). The summed E-state index contributed by atoms with van der Waals surface area (Å²) in [6.07, 6.45) is 5.81. The van der Waals surface area contributed by atoms with E-state index in [1.807, 2.05) is 26.0 Å². The first-order valence-corrected chi connectivity index (χ1v) is 16.1. The molecule has 4 atom stereocenters. The van der Waals surface area contributed by atoms with Crippen LogP contribution in [0.5, 0.6) is 0 Å². The molecular formula is C33H49N5O5. The summed E-state index contributed by atoms with van der Waals surface area (Å²) < 4.78 is 0. The third kappa shape index (κ3) is 7.39. The molecule has 0 radical (unpaired) electrons. The van der Waals surface area contributed by atoms with Gasteiger partial charge in [-0.1, -0.05) is 33.1 Å². The van der Waals surface area contributed by atoms with Crippen LogP contribution in [0, 0.1) is 11.8 Å². The minimum absolute atomic E-state index is 0.0464. The minimum atomic E-state index is -0.791. The van der Waals surface area contributed by atoms with Crippen LogP contribution in [0.25, 0.3) is 0 Å². The Morgan fingerprint density at radius 1 is 0.907 bits per heavy atom. The van der Waals surface area contributed by atoms with Crippen LogP contribution in [-0.4, -0.2) is 89.6 Å². The molecule has 0 aromatic heterocycles. The van der Waals surface area contributed by atoms with Gasteiger partial charge >= 0.3 is 0 Å². The lowest BCUT2D eigenvalue weighted by Gasteiger charge is -2.34. The van der Waals surface area contributed by atoms with Crippen molar-refractivity contribution in [3.05, 3.63) is 29.8 Å². The largest absolute Gasteiger partial charge is 0.372 e. The topological polar surface area (TPSA) is 119 Å². The average Bonchev–Trinajstić information content (AvgIpc) is 3.57. The number of nitrogens with zero attached hydrogens (tertiary/aromatic N) is 3. The highest BCUT2D eigenvalue weighted by molar-refractivity contribution is 6.01. The van der Waals surface area contributed by atoms with Crippen LogP contribution in [0.3, 0.4) is 0 Å². The Morgan fingerprint density at radius 3 is 2.14 bits per heavy atom. The molecule has 2 N–H and O–H groups in total. The van der Waals surface area contributed by atoms with Crippen LogP contribution in [0.4, 0.5) is 5.69 Å². The van der Waals surface area contributed by atoms with Gasteiger partial charge in [0, 0.05) is 37.8 Å². The molecule has 0 spiro atoms. The van der Waals surface area contributed by atoms with Crippen LogP contribution in [0.2, 0.25) is 0 Å². The summed E-state index contributed by atoms with van der Waals surface area (Å²) in [5.41, 5.74) is 1.50. The van der Waals surface area contributed by atoms with E-state index in [2.05, 4.69) is 29.4 Å². The molecule has 2 saturated heterocycles. The number of carbonyl (C=O) groups is 5. The van der Waals surface area contributed by atoms with Gasteiger partial charge in [-0.25, -0.2) is 0 Å². The Labute approximate surface area is 255 Å².